The molecule has 0 radical (unpaired) electrons. The van der Waals surface area contributed by atoms with Gasteiger partial charge in [-0.05, 0) is 37.5 Å². The molecule has 0 aromatic heterocycles. The lowest BCUT2D eigenvalue weighted by atomic mass is 9.79. The summed E-state index contributed by atoms with van der Waals surface area (Å²) in [7, 11) is 0. The Balaban J connectivity index is 2.37. The molecule has 0 N–H and O–H groups in total. The second-order valence-corrected chi connectivity index (χ2v) is 5.44. The lowest BCUT2D eigenvalue weighted by Crippen LogP contribution is -2.34. The molecule has 3 heteroatoms. The number of benzene rings is 1. The van der Waals surface area contributed by atoms with Crippen molar-refractivity contribution in [3.8, 4) is 0 Å². The molecular formula is C14H17BrO2. The van der Waals surface area contributed by atoms with E-state index in [2.05, 4.69) is 15.9 Å². The van der Waals surface area contributed by atoms with Gasteiger partial charge in [0.15, 0.2) is 0 Å². The van der Waals surface area contributed by atoms with Crippen molar-refractivity contribution in [2.45, 2.75) is 38.0 Å². The Morgan fingerprint density at radius 3 is 2.71 bits per heavy atom. The number of ether oxygens (including phenoxy) is 1. The highest BCUT2D eigenvalue weighted by Gasteiger charge is 2.44. The van der Waals surface area contributed by atoms with Gasteiger partial charge in [-0.15, -0.1) is 0 Å². The molecule has 0 unspecified atom stereocenters. The van der Waals surface area contributed by atoms with Crippen LogP contribution in [0.2, 0.25) is 0 Å². The second-order valence-electron chi connectivity index (χ2n) is 4.52. The number of hydrogen-bond acceptors (Lipinski definition) is 2. The minimum atomic E-state index is -0.403. The van der Waals surface area contributed by atoms with Crippen molar-refractivity contribution in [1.82, 2.24) is 0 Å². The molecule has 0 heterocycles. The second kappa shape index (κ2) is 5.21. The Labute approximate surface area is 110 Å². The number of carbonyl (C=O) groups is 1. The number of rotatable bonds is 3. The fraction of sp³-hybridized carbons (Fsp3) is 0.500. The molecule has 17 heavy (non-hydrogen) atoms. The number of halogens is 1. The summed E-state index contributed by atoms with van der Waals surface area (Å²) in [6.07, 6.45) is 4.02. The number of hydrogen-bond donors (Lipinski definition) is 0. The van der Waals surface area contributed by atoms with E-state index in [0.717, 1.165) is 35.7 Å². The molecule has 1 aromatic rings. The Morgan fingerprint density at radius 1 is 1.41 bits per heavy atom. The fourth-order valence-corrected chi connectivity index (χ4v) is 3.04. The van der Waals surface area contributed by atoms with Crippen LogP contribution in [0.4, 0.5) is 0 Å². The van der Waals surface area contributed by atoms with Gasteiger partial charge >= 0.3 is 5.97 Å². The smallest absolute Gasteiger partial charge is 0.316 e. The molecule has 92 valence electrons. The van der Waals surface area contributed by atoms with Crippen LogP contribution in [0, 0.1) is 0 Å². The normalized spacial score (nSPS) is 18.0. The molecule has 1 aliphatic carbocycles. The molecule has 1 aliphatic rings. The SMILES string of the molecule is CCOC(=O)C1(c2cccc(Br)c2)CCCC1. The van der Waals surface area contributed by atoms with E-state index in [1.54, 1.807) is 0 Å². The van der Waals surface area contributed by atoms with Crippen LogP contribution >= 0.6 is 15.9 Å². The summed E-state index contributed by atoms with van der Waals surface area (Å²) >= 11 is 3.47. The average molecular weight is 297 g/mol. The molecule has 0 amide bonds. The van der Waals surface area contributed by atoms with Gasteiger partial charge in [0, 0.05) is 4.47 Å². The van der Waals surface area contributed by atoms with Crippen molar-refractivity contribution in [3.63, 3.8) is 0 Å². The van der Waals surface area contributed by atoms with Crippen molar-refractivity contribution < 1.29 is 9.53 Å². The zero-order chi connectivity index (χ0) is 12.3. The van der Waals surface area contributed by atoms with Crippen molar-refractivity contribution in [2.75, 3.05) is 6.61 Å². The van der Waals surface area contributed by atoms with E-state index in [1.807, 2.05) is 31.2 Å². The minimum Gasteiger partial charge on any atom is -0.465 e. The molecule has 0 aliphatic heterocycles. The molecule has 2 nitrogen and oxygen atoms in total. The Bertz CT molecular complexity index is 408. The number of carbonyl (C=O) groups excluding carboxylic acids is 1. The first kappa shape index (κ1) is 12.6. The first-order valence-corrected chi connectivity index (χ1v) is 6.91. The Hall–Kier alpha value is -0.830. The van der Waals surface area contributed by atoms with Crippen molar-refractivity contribution in [1.29, 1.82) is 0 Å². The predicted octanol–water partition coefficient (Wildman–Crippen LogP) is 3.82. The van der Waals surface area contributed by atoms with E-state index < -0.39 is 5.41 Å². The molecule has 1 aromatic carbocycles. The van der Waals surface area contributed by atoms with Gasteiger partial charge in [0.05, 0.1) is 12.0 Å². The molecule has 2 rings (SSSR count). The third-order valence-electron chi connectivity index (χ3n) is 3.50. The average Bonchev–Trinajstić information content (AvgIpc) is 2.79. The van der Waals surface area contributed by atoms with Gasteiger partial charge in [-0.25, -0.2) is 0 Å². The van der Waals surface area contributed by atoms with Crippen LogP contribution in [0.25, 0.3) is 0 Å². The largest absolute Gasteiger partial charge is 0.465 e. The lowest BCUT2D eigenvalue weighted by molar-refractivity contribution is -0.150. The summed E-state index contributed by atoms with van der Waals surface area (Å²) in [6, 6.07) is 8.05. The van der Waals surface area contributed by atoms with Gasteiger partial charge in [0.1, 0.15) is 0 Å². The molecule has 1 fully saturated rings. The summed E-state index contributed by atoms with van der Waals surface area (Å²) in [4.78, 5) is 12.2. The van der Waals surface area contributed by atoms with E-state index in [1.165, 1.54) is 0 Å². The van der Waals surface area contributed by atoms with Gasteiger partial charge in [0.2, 0.25) is 0 Å². The van der Waals surface area contributed by atoms with Crippen LogP contribution in [-0.4, -0.2) is 12.6 Å². The molecule has 1 saturated carbocycles. The highest BCUT2D eigenvalue weighted by atomic mass is 79.9. The summed E-state index contributed by atoms with van der Waals surface area (Å²) in [5, 5.41) is 0. The summed E-state index contributed by atoms with van der Waals surface area (Å²) in [5.41, 5.74) is 0.683. The maximum absolute atomic E-state index is 12.2. The summed E-state index contributed by atoms with van der Waals surface area (Å²) in [5.74, 6) is -0.0596. The molecule has 0 saturated heterocycles. The third-order valence-corrected chi connectivity index (χ3v) is 3.99. The molecule has 0 spiro atoms. The van der Waals surface area contributed by atoms with Crippen LogP contribution in [0.5, 0.6) is 0 Å². The van der Waals surface area contributed by atoms with Crippen molar-refractivity contribution in [3.05, 3.63) is 34.3 Å². The zero-order valence-corrected chi connectivity index (χ0v) is 11.6. The highest BCUT2D eigenvalue weighted by Crippen LogP contribution is 2.42. The van der Waals surface area contributed by atoms with Crippen LogP contribution in [0.3, 0.4) is 0 Å². The Morgan fingerprint density at radius 2 is 2.12 bits per heavy atom. The predicted molar refractivity (Wildman–Crippen MR) is 70.9 cm³/mol. The standard InChI is InChI=1S/C14H17BrO2/c1-2-17-13(16)14(8-3-4-9-14)11-6-5-7-12(15)10-11/h5-7,10H,2-4,8-9H2,1H3. The van der Waals surface area contributed by atoms with Gasteiger partial charge in [-0.3, -0.25) is 4.79 Å². The molecule has 0 atom stereocenters. The van der Waals surface area contributed by atoms with Gasteiger partial charge in [-0.1, -0.05) is 40.9 Å². The monoisotopic (exact) mass is 296 g/mol. The van der Waals surface area contributed by atoms with Gasteiger partial charge in [0.25, 0.3) is 0 Å². The fourth-order valence-electron chi connectivity index (χ4n) is 2.64. The number of esters is 1. The zero-order valence-electron chi connectivity index (χ0n) is 10.0. The van der Waals surface area contributed by atoms with Gasteiger partial charge < -0.3 is 4.74 Å². The quantitative estimate of drug-likeness (QED) is 0.793. The lowest BCUT2D eigenvalue weighted by Gasteiger charge is -2.27. The van der Waals surface area contributed by atoms with Crippen molar-refractivity contribution >= 4 is 21.9 Å². The summed E-state index contributed by atoms with van der Waals surface area (Å²) < 4.78 is 6.29. The van der Waals surface area contributed by atoms with E-state index in [-0.39, 0.29) is 5.97 Å². The maximum atomic E-state index is 12.2. The van der Waals surface area contributed by atoms with E-state index in [0.29, 0.717) is 6.61 Å². The van der Waals surface area contributed by atoms with E-state index in [4.69, 9.17) is 4.74 Å². The van der Waals surface area contributed by atoms with E-state index >= 15 is 0 Å². The first-order chi connectivity index (χ1) is 8.19. The van der Waals surface area contributed by atoms with Crippen LogP contribution < -0.4 is 0 Å². The topological polar surface area (TPSA) is 26.3 Å². The first-order valence-electron chi connectivity index (χ1n) is 6.12. The van der Waals surface area contributed by atoms with Crippen LogP contribution in [0.15, 0.2) is 28.7 Å². The maximum Gasteiger partial charge on any atom is 0.316 e. The minimum absolute atomic E-state index is 0.0596. The van der Waals surface area contributed by atoms with E-state index in [9.17, 15) is 4.79 Å². The highest BCUT2D eigenvalue weighted by molar-refractivity contribution is 9.10. The van der Waals surface area contributed by atoms with Crippen LogP contribution in [0.1, 0.15) is 38.2 Å². The van der Waals surface area contributed by atoms with Crippen molar-refractivity contribution in [2.24, 2.45) is 0 Å². The molecule has 0 bridgehead atoms. The third kappa shape index (κ3) is 2.39. The Kier molecular flexibility index (Phi) is 3.87. The van der Waals surface area contributed by atoms with Crippen LogP contribution in [-0.2, 0) is 14.9 Å². The van der Waals surface area contributed by atoms with Gasteiger partial charge in [-0.2, -0.15) is 0 Å². The molecular weight excluding hydrogens is 280 g/mol. The summed E-state index contributed by atoms with van der Waals surface area (Å²) in [6.45, 7) is 2.32.